The van der Waals surface area contributed by atoms with Crippen molar-refractivity contribution >= 4 is 22.4 Å². The molecule has 1 unspecified atom stereocenters. The first-order valence-corrected chi connectivity index (χ1v) is 6.61. The topological polar surface area (TPSA) is 68.8 Å². The Bertz CT molecular complexity index is 705. The van der Waals surface area contributed by atoms with Gasteiger partial charge in [-0.25, -0.2) is 4.98 Å². The number of nitrogens with one attached hydrogen (secondary N) is 1. The molecule has 20 heavy (non-hydrogen) atoms. The highest BCUT2D eigenvalue weighted by molar-refractivity contribution is 5.83. The fraction of sp³-hybridized carbons (Fsp3) is 0.200. The molecular formula is C15H17N5. The number of rotatable bonds is 4. The summed E-state index contributed by atoms with van der Waals surface area (Å²) in [6, 6.07) is 11.9. The quantitative estimate of drug-likeness (QED) is 0.713. The number of nitrogen functional groups attached to an aromatic ring is 1. The maximum absolute atomic E-state index is 5.77. The summed E-state index contributed by atoms with van der Waals surface area (Å²) in [7, 11) is 0. The summed E-state index contributed by atoms with van der Waals surface area (Å²) in [6.07, 6.45) is 3.74. The zero-order valence-corrected chi connectivity index (χ0v) is 11.3. The van der Waals surface area contributed by atoms with Crippen LogP contribution < -0.4 is 11.1 Å². The Labute approximate surface area is 117 Å². The molecule has 0 aliphatic rings. The van der Waals surface area contributed by atoms with Crippen molar-refractivity contribution in [3.63, 3.8) is 0 Å². The van der Waals surface area contributed by atoms with Gasteiger partial charge in [0.15, 0.2) is 0 Å². The van der Waals surface area contributed by atoms with Gasteiger partial charge in [0.05, 0.1) is 12.1 Å². The predicted octanol–water partition coefficient (Wildman–Crippen LogP) is 2.51. The van der Waals surface area contributed by atoms with Crippen LogP contribution in [0.15, 0.2) is 48.8 Å². The Morgan fingerprint density at radius 2 is 2.20 bits per heavy atom. The monoisotopic (exact) mass is 267 g/mol. The molecule has 0 aliphatic heterocycles. The van der Waals surface area contributed by atoms with Gasteiger partial charge >= 0.3 is 0 Å². The Morgan fingerprint density at radius 3 is 3.00 bits per heavy atom. The van der Waals surface area contributed by atoms with E-state index in [1.165, 1.54) is 0 Å². The molecule has 0 saturated carbocycles. The van der Waals surface area contributed by atoms with E-state index >= 15 is 0 Å². The number of nitrogens with zero attached hydrogens (tertiary/aromatic N) is 3. The van der Waals surface area contributed by atoms with Crippen LogP contribution in [0.2, 0.25) is 0 Å². The van der Waals surface area contributed by atoms with Crippen molar-refractivity contribution in [2.24, 2.45) is 0 Å². The number of aromatic nitrogens is 3. The van der Waals surface area contributed by atoms with Crippen LogP contribution in [0.25, 0.3) is 10.9 Å². The summed E-state index contributed by atoms with van der Waals surface area (Å²) in [4.78, 5) is 4.59. The van der Waals surface area contributed by atoms with E-state index in [4.69, 9.17) is 5.73 Å². The van der Waals surface area contributed by atoms with Gasteiger partial charge in [-0.2, -0.15) is 5.10 Å². The van der Waals surface area contributed by atoms with Crippen molar-refractivity contribution < 1.29 is 0 Å². The number of hydrogen-bond donors (Lipinski definition) is 2. The van der Waals surface area contributed by atoms with Crippen LogP contribution in [0.5, 0.6) is 0 Å². The molecule has 0 radical (unpaired) electrons. The van der Waals surface area contributed by atoms with Crippen molar-refractivity contribution in [2.45, 2.75) is 19.5 Å². The highest BCUT2D eigenvalue weighted by Gasteiger charge is 2.05. The average molecular weight is 267 g/mol. The molecule has 0 amide bonds. The molecule has 1 aromatic carbocycles. The number of anilines is 2. The lowest BCUT2D eigenvalue weighted by atomic mass is 10.2. The number of nitrogens with two attached hydrogens (primary N) is 1. The second-order valence-corrected chi connectivity index (χ2v) is 4.92. The van der Waals surface area contributed by atoms with Gasteiger partial charge in [-0.15, -0.1) is 0 Å². The van der Waals surface area contributed by atoms with Crippen LogP contribution in [0.1, 0.15) is 6.92 Å². The fourth-order valence-corrected chi connectivity index (χ4v) is 2.21. The molecule has 5 heteroatoms. The molecule has 0 fully saturated rings. The van der Waals surface area contributed by atoms with Gasteiger partial charge in [-0.1, -0.05) is 0 Å². The molecule has 0 spiro atoms. The van der Waals surface area contributed by atoms with Crippen molar-refractivity contribution in [3.8, 4) is 0 Å². The molecule has 2 heterocycles. The summed E-state index contributed by atoms with van der Waals surface area (Å²) in [5.74, 6) is 0.863. The van der Waals surface area contributed by atoms with Crippen LogP contribution in [-0.2, 0) is 6.54 Å². The van der Waals surface area contributed by atoms with Gasteiger partial charge in [0.25, 0.3) is 0 Å². The van der Waals surface area contributed by atoms with Crippen LogP contribution in [-0.4, -0.2) is 20.8 Å². The van der Waals surface area contributed by atoms with Crippen molar-refractivity contribution in [2.75, 3.05) is 11.1 Å². The molecule has 0 bridgehead atoms. The molecule has 1 atom stereocenters. The number of benzene rings is 1. The van der Waals surface area contributed by atoms with Crippen molar-refractivity contribution in [1.29, 1.82) is 0 Å². The first-order valence-electron chi connectivity index (χ1n) is 6.61. The molecule has 3 aromatic rings. The van der Waals surface area contributed by atoms with E-state index in [0.29, 0.717) is 0 Å². The van der Waals surface area contributed by atoms with Gasteiger partial charge < -0.3 is 11.1 Å². The average Bonchev–Trinajstić information content (AvgIpc) is 2.91. The van der Waals surface area contributed by atoms with Crippen LogP contribution in [0.4, 0.5) is 11.5 Å². The standard InChI is InChI=1S/C15H17N5/c1-11(10-20-8-2-7-17-20)18-15-6-3-12-9-13(16)4-5-14(12)19-15/h2-9,11H,10,16H2,1H3,(H,18,19). The van der Waals surface area contributed by atoms with Crippen LogP contribution >= 0.6 is 0 Å². The Kier molecular flexibility index (Phi) is 3.25. The summed E-state index contributed by atoms with van der Waals surface area (Å²) >= 11 is 0. The van der Waals surface area contributed by atoms with Crippen LogP contribution in [0, 0.1) is 0 Å². The van der Waals surface area contributed by atoms with E-state index in [-0.39, 0.29) is 6.04 Å². The summed E-state index contributed by atoms with van der Waals surface area (Å²) in [5, 5.41) is 8.63. The van der Waals surface area contributed by atoms with Gasteiger partial charge in [-0.05, 0) is 43.3 Å². The zero-order chi connectivity index (χ0) is 13.9. The van der Waals surface area contributed by atoms with Gasteiger partial charge in [0.1, 0.15) is 5.82 Å². The molecule has 0 aliphatic carbocycles. The maximum Gasteiger partial charge on any atom is 0.126 e. The summed E-state index contributed by atoms with van der Waals surface area (Å²) in [5.41, 5.74) is 7.46. The van der Waals surface area contributed by atoms with E-state index in [2.05, 4.69) is 22.3 Å². The second kappa shape index (κ2) is 5.21. The molecule has 102 valence electrons. The van der Waals surface area contributed by atoms with E-state index in [1.807, 2.05) is 47.3 Å². The molecule has 5 nitrogen and oxygen atoms in total. The minimum absolute atomic E-state index is 0.244. The first kappa shape index (κ1) is 12.5. The first-order chi connectivity index (χ1) is 9.70. The largest absolute Gasteiger partial charge is 0.399 e. The normalized spacial score (nSPS) is 12.4. The second-order valence-electron chi connectivity index (χ2n) is 4.92. The lowest BCUT2D eigenvalue weighted by Crippen LogP contribution is -2.22. The third-order valence-electron chi connectivity index (χ3n) is 3.13. The zero-order valence-electron chi connectivity index (χ0n) is 11.3. The van der Waals surface area contributed by atoms with E-state index < -0.39 is 0 Å². The SMILES string of the molecule is CC(Cn1cccn1)Nc1ccc2cc(N)ccc2n1. The molecule has 3 N–H and O–H groups in total. The molecule has 0 saturated heterocycles. The molecular weight excluding hydrogens is 250 g/mol. The minimum atomic E-state index is 0.244. The third kappa shape index (κ3) is 2.71. The van der Waals surface area contributed by atoms with Gasteiger partial charge in [0.2, 0.25) is 0 Å². The van der Waals surface area contributed by atoms with Crippen LogP contribution in [0.3, 0.4) is 0 Å². The summed E-state index contributed by atoms with van der Waals surface area (Å²) < 4.78 is 1.90. The Hall–Kier alpha value is -2.56. The summed E-state index contributed by atoms with van der Waals surface area (Å²) in [6.45, 7) is 2.91. The number of pyridine rings is 1. The molecule has 2 aromatic heterocycles. The predicted molar refractivity (Wildman–Crippen MR) is 81.5 cm³/mol. The molecule has 3 rings (SSSR count). The fourth-order valence-electron chi connectivity index (χ4n) is 2.21. The highest BCUT2D eigenvalue weighted by Crippen LogP contribution is 2.18. The van der Waals surface area contributed by atoms with Gasteiger partial charge in [0, 0.05) is 29.5 Å². The lowest BCUT2D eigenvalue weighted by Gasteiger charge is -2.15. The lowest BCUT2D eigenvalue weighted by molar-refractivity contribution is 0.560. The highest BCUT2D eigenvalue weighted by atomic mass is 15.3. The minimum Gasteiger partial charge on any atom is -0.399 e. The van der Waals surface area contributed by atoms with Crippen molar-refractivity contribution in [1.82, 2.24) is 14.8 Å². The smallest absolute Gasteiger partial charge is 0.126 e. The van der Waals surface area contributed by atoms with E-state index in [1.54, 1.807) is 6.20 Å². The maximum atomic E-state index is 5.77. The number of hydrogen-bond acceptors (Lipinski definition) is 4. The van der Waals surface area contributed by atoms with Crippen molar-refractivity contribution in [3.05, 3.63) is 48.8 Å². The Morgan fingerprint density at radius 1 is 1.30 bits per heavy atom. The van der Waals surface area contributed by atoms with E-state index in [0.717, 1.165) is 29.0 Å². The van der Waals surface area contributed by atoms with Gasteiger partial charge in [-0.3, -0.25) is 4.68 Å². The van der Waals surface area contributed by atoms with E-state index in [9.17, 15) is 0 Å². The number of fused-ring (bicyclic) bond motifs is 1. The Balaban J connectivity index is 1.75. The third-order valence-corrected chi connectivity index (χ3v) is 3.13.